The van der Waals surface area contributed by atoms with E-state index in [4.69, 9.17) is 14.2 Å². The van der Waals surface area contributed by atoms with E-state index in [-0.39, 0.29) is 48.1 Å². The van der Waals surface area contributed by atoms with Crippen molar-refractivity contribution in [2.75, 3.05) is 6.61 Å². The minimum atomic E-state index is -1.32. The molecule has 0 unspecified atom stereocenters. The maximum Gasteiger partial charge on any atom is 0.306 e. The molecule has 0 radical (unpaired) electrons. The second kappa shape index (κ2) is 10.0. The zero-order valence-electron chi connectivity index (χ0n) is 20.8. The van der Waals surface area contributed by atoms with E-state index in [1.807, 2.05) is 13.8 Å². The van der Waals surface area contributed by atoms with E-state index in [1.54, 1.807) is 6.92 Å². The van der Waals surface area contributed by atoms with Crippen molar-refractivity contribution in [2.45, 2.75) is 109 Å². The summed E-state index contributed by atoms with van der Waals surface area (Å²) in [6.45, 7) is 13.7. The predicted molar refractivity (Wildman–Crippen MR) is 123 cm³/mol. The fourth-order valence-corrected chi connectivity index (χ4v) is 6.34. The lowest BCUT2D eigenvalue weighted by Crippen LogP contribution is -2.52. The summed E-state index contributed by atoms with van der Waals surface area (Å²) in [5, 5.41) is 21.9. The van der Waals surface area contributed by atoms with E-state index in [1.165, 1.54) is 6.92 Å². The molecule has 1 aliphatic carbocycles. The molecule has 2 saturated heterocycles. The lowest BCUT2D eigenvalue weighted by Gasteiger charge is -2.46. The maximum atomic E-state index is 12.6. The summed E-state index contributed by atoms with van der Waals surface area (Å²) in [6.07, 6.45) is 2.05. The van der Waals surface area contributed by atoms with Gasteiger partial charge in [0, 0.05) is 31.6 Å². The molecular weight excluding hydrogens is 424 g/mol. The summed E-state index contributed by atoms with van der Waals surface area (Å²) >= 11 is 0. The minimum Gasteiger partial charge on any atom is -0.466 e. The van der Waals surface area contributed by atoms with Crippen LogP contribution in [-0.2, 0) is 23.8 Å². The van der Waals surface area contributed by atoms with Gasteiger partial charge in [0.1, 0.15) is 11.7 Å². The normalized spacial score (nSPS) is 41.8. The summed E-state index contributed by atoms with van der Waals surface area (Å²) in [5.74, 6) is -0.282. The highest BCUT2D eigenvalue weighted by Gasteiger charge is 2.60. The largest absolute Gasteiger partial charge is 0.466 e. The van der Waals surface area contributed by atoms with Gasteiger partial charge in [-0.3, -0.25) is 9.59 Å². The van der Waals surface area contributed by atoms with Gasteiger partial charge in [0.2, 0.25) is 0 Å². The predicted octanol–water partition coefficient (Wildman–Crippen LogP) is 3.55. The summed E-state index contributed by atoms with van der Waals surface area (Å²) < 4.78 is 18.1. The zero-order chi connectivity index (χ0) is 24.6. The molecule has 0 spiro atoms. The molecule has 0 aromatic carbocycles. The van der Waals surface area contributed by atoms with Gasteiger partial charge < -0.3 is 24.4 Å². The van der Waals surface area contributed by atoms with Gasteiger partial charge in [0.05, 0.1) is 24.4 Å². The standard InChI is InChI=1S/C26H42O7/c1-7-8-21(29)33-26(6)12-11-20(28)25(5,30)13-19-22-15(2)9-10-18(23(22)24(26)32-19)16(3)14-31-17(4)27/h16,18-20,22-24,28,30H,2,7-14H2,1,3-6H3/t16-,18+,19+,20-,22+,23+,24+,25-,26+/m0/s1. The van der Waals surface area contributed by atoms with Gasteiger partial charge in [-0.1, -0.05) is 26.0 Å². The van der Waals surface area contributed by atoms with Crippen LogP contribution in [0, 0.1) is 23.7 Å². The van der Waals surface area contributed by atoms with Crippen molar-refractivity contribution in [1.29, 1.82) is 0 Å². The molecule has 1 saturated carbocycles. The maximum absolute atomic E-state index is 12.6. The van der Waals surface area contributed by atoms with Crippen molar-refractivity contribution in [2.24, 2.45) is 23.7 Å². The Kier molecular flexibility index (Phi) is 7.97. The molecule has 2 bridgehead atoms. The van der Waals surface area contributed by atoms with Crippen LogP contribution >= 0.6 is 0 Å². The van der Waals surface area contributed by atoms with Crippen LogP contribution in [0.1, 0.15) is 79.6 Å². The molecule has 0 aromatic heterocycles. The van der Waals surface area contributed by atoms with Crippen LogP contribution < -0.4 is 0 Å². The third-order valence-electron chi connectivity index (χ3n) is 8.18. The van der Waals surface area contributed by atoms with Crippen molar-refractivity contribution >= 4 is 11.9 Å². The molecule has 9 atom stereocenters. The van der Waals surface area contributed by atoms with Crippen molar-refractivity contribution in [3.05, 3.63) is 12.2 Å². The van der Waals surface area contributed by atoms with E-state index in [2.05, 4.69) is 13.5 Å². The van der Waals surface area contributed by atoms with Gasteiger partial charge >= 0.3 is 11.9 Å². The minimum absolute atomic E-state index is 0.0190. The van der Waals surface area contributed by atoms with Crippen LogP contribution in [0.15, 0.2) is 12.2 Å². The van der Waals surface area contributed by atoms with Gasteiger partial charge in [-0.05, 0) is 57.8 Å². The first kappa shape index (κ1) is 26.2. The Morgan fingerprint density at radius 3 is 2.64 bits per heavy atom. The lowest BCUT2D eigenvalue weighted by molar-refractivity contribution is -0.182. The smallest absolute Gasteiger partial charge is 0.306 e. The summed E-state index contributed by atoms with van der Waals surface area (Å²) in [5.41, 5.74) is -1.18. The van der Waals surface area contributed by atoms with E-state index >= 15 is 0 Å². The Morgan fingerprint density at radius 1 is 1.30 bits per heavy atom. The van der Waals surface area contributed by atoms with Crippen LogP contribution in [0.3, 0.4) is 0 Å². The van der Waals surface area contributed by atoms with Gasteiger partial charge in [0.25, 0.3) is 0 Å². The monoisotopic (exact) mass is 466 g/mol. The first-order valence-electron chi connectivity index (χ1n) is 12.5. The number of carbonyl (C=O) groups is 2. The topological polar surface area (TPSA) is 102 Å². The number of carbonyl (C=O) groups excluding carboxylic acids is 2. The highest BCUT2D eigenvalue weighted by molar-refractivity contribution is 5.70. The number of aliphatic hydroxyl groups excluding tert-OH is 1. The SMILES string of the molecule is C=C1CC[C@H]([C@@H](C)COC(C)=O)[C@@H]2[C@H]1[C@H]1C[C@](C)(O)[C@@H](O)CC[C@@](C)(OC(=O)CCC)[C@@H]2O1. The molecule has 7 heteroatoms. The molecule has 3 rings (SSSR count). The molecule has 2 heterocycles. The van der Waals surface area contributed by atoms with Crippen molar-refractivity contribution < 1.29 is 34.0 Å². The Bertz CT molecular complexity index is 747. The van der Waals surface area contributed by atoms with Crippen molar-refractivity contribution in [3.8, 4) is 0 Å². The molecule has 0 aromatic rings. The van der Waals surface area contributed by atoms with Crippen LogP contribution in [0.25, 0.3) is 0 Å². The Labute approximate surface area is 197 Å². The molecule has 7 nitrogen and oxygen atoms in total. The van der Waals surface area contributed by atoms with Gasteiger partial charge in [0.15, 0.2) is 0 Å². The summed E-state index contributed by atoms with van der Waals surface area (Å²) in [6, 6.07) is 0. The summed E-state index contributed by atoms with van der Waals surface area (Å²) in [4.78, 5) is 24.1. The lowest BCUT2D eigenvalue weighted by atomic mass is 9.60. The zero-order valence-corrected chi connectivity index (χ0v) is 20.8. The number of fused-ring (bicyclic) bond motifs is 5. The number of esters is 2. The molecule has 3 aliphatic rings. The highest BCUT2D eigenvalue weighted by Crippen LogP contribution is 2.56. The van der Waals surface area contributed by atoms with E-state index in [0.717, 1.165) is 18.4 Å². The van der Waals surface area contributed by atoms with Gasteiger partial charge in [-0.15, -0.1) is 0 Å². The Hall–Kier alpha value is -1.44. The van der Waals surface area contributed by atoms with Gasteiger partial charge in [-0.25, -0.2) is 0 Å². The molecule has 3 fully saturated rings. The second-order valence-corrected chi connectivity index (χ2v) is 11.0. The first-order chi connectivity index (χ1) is 15.4. The Balaban J connectivity index is 2.01. The number of hydrogen-bond donors (Lipinski definition) is 2. The third kappa shape index (κ3) is 5.46. The van der Waals surface area contributed by atoms with Crippen LogP contribution in [0.4, 0.5) is 0 Å². The van der Waals surface area contributed by atoms with Crippen LogP contribution in [-0.4, -0.2) is 58.3 Å². The summed E-state index contributed by atoms with van der Waals surface area (Å²) in [7, 11) is 0. The fourth-order valence-electron chi connectivity index (χ4n) is 6.34. The molecule has 0 amide bonds. The van der Waals surface area contributed by atoms with Gasteiger partial charge in [-0.2, -0.15) is 0 Å². The van der Waals surface area contributed by atoms with E-state index in [0.29, 0.717) is 32.3 Å². The molecule has 188 valence electrons. The third-order valence-corrected chi connectivity index (χ3v) is 8.18. The van der Waals surface area contributed by atoms with E-state index in [9.17, 15) is 19.8 Å². The first-order valence-corrected chi connectivity index (χ1v) is 12.5. The van der Waals surface area contributed by atoms with Crippen molar-refractivity contribution in [1.82, 2.24) is 0 Å². The average molecular weight is 467 g/mol. The second-order valence-electron chi connectivity index (χ2n) is 11.0. The number of aliphatic hydroxyl groups is 2. The molecule has 2 N–H and O–H groups in total. The fraction of sp³-hybridized carbons (Fsp3) is 0.846. The number of hydrogen-bond acceptors (Lipinski definition) is 7. The average Bonchev–Trinajstić information content (AvgIpc) is 3.11. The van der Waals surface area contributed by atoms with Crippen LogP contribution in [0.2, 0.25) is 0 Å². The molecule has 33 heavy (non-hydrogen) atoms. The highest BCUT2D eigenvalue weighted by atomic mass is 16.6. The molecular formula is C26H42O7. The number of ether oxygens (including phenoxy) is 3. The Morgan fingerprint density at radius 2 is 2.00 bits per heavy atom. The molecule has 2 aliphatic heterocycles. The van der Waals surface area contributed by atoms with Crippen molar-refractivity contribution in [3.63, 3.8) is 0 Å². The quantitative estimate of drug-likeness (QED) is 0.456. The van der Waals surface area contributed by atoms with Crippen LogP contribution in [0.5, 0.6) is 0 Å². The number of rotatable bonds is 6. The van der Waals surface area contributed by atoms with E-state index < -0.39 is 23.4 Å².